The van der Waals surface area contributed by atoms with Gasteiger partial charge in [-0.05, 0) is 64.7 Å². The van der Waals surface area contributed by atoms with Gasteiger partial charge in [0.2, 0.25) is 0 Å². The molecule has 4 aromatic carbocycles. The van der Waals surface area contributed by atoms with Gasteiger partial charge in [-0.3, -0.25) is 0 Å². The van der Waals surface area contributed by atoms with E-state index in [0.29, 0.717) is 46.9 Å². The van der Waals surface area contributed by atoms with Crippen molar-refractivity contribution >= 4 is 22.4 Å². The van der Waals surface area contributed by atoms with Gasteiger partial charge in [-0.25, -0.2) is 13.2 Å². The monoisotopic (exact) mass is 440 g/mol. The summed E-state index contributed by atoms with van der Waals surface area (Å²) < 4.78 is 48.3. The molecule has 0 spiro atoms. The quantitative estimate of drug-likeness (QED) is 0.301. The highest BCUT2D eigenvalue weighted by Gasteiger charge is 2.12. The highest BCUT2D eigenvalue weighted by molar-refractivity contribution is 6.30. The van der Waals surface area contributed by atoms with E-state index in [2.05, 4.69) is 0 Å². The molecule has 0 unspecified atom stereocenters. The van der Waals surface area contributed by atoms with Gasteiger partial charge in [0.15, 0.2) is 0 Å². The van der Waals surface area contributed by atoms with Gasteiger partial charge >= 0.3 is 0 Å². The van der Waals surface area contributed by atoms with Crippen molar-refractivity contribution in [2.24, 2.45) is 0 Å². The van der Waals surface area contributed by atoms with E-state index in [4.69, 9.17) is 16.3 Å². The number of aryl methyl sites for hydroxylation is 2. The summed E-state index contributed by atoms with van der Waals surface area (Å²) in [6, 6.07) is 18.3. The Morgan fingerprint density at radius 3 is 2.29 bits per heavy atom. The smallest absolute Gasteiger partial charge is 0.142 e. The highest BCUT2D eigenvalue weighted by atomic mass is 35.5. The Kier molecular flexibility index (Phi) is 6.30. The molecule has 0 heterocycles. The van der Waals surface area contributed by atoms with Gasteiger partial charge in [0.05, 0.1) is 11.6 Å². The second-order valence-corrected chi connectivity index (χ2v) is 7.88. The lowest BCUT2D eigenvalue weighted by Gasteiger charge is -2.10. The van der Waals surface area contributed by atoms with Crippen LogP contribution >= 0.6 is 11.6 Å². The lowest BCUT2D eigenvalue weighted by Crippen LogP contribution is -1.97. The van der Waals surface area contributed by atoms with Gasteiger partial charge in [0.1, 0.15) is 17.5 Å². The SMILES string of the molecule is COCc1ccc(-c2ccc3c(F)c(CCc4ccc(Cl)c(F)c4)ccc3c2)c(F)c1. The zero-order valence-corrected chi connectivity index (χ0v) is 17.6. The second kappa shape index (κ2) is 9.13. The summed E-state index contributed by atoms with van der Waals surface area (Å²) in [6.07, 6.45) is 0.924. The molecule has 4 rings (SSSR count). The van der Waals surface area contributed by atoms with Crippen molar-refractivity contribution in [3.63, 3.8) is 0 Å². The van der Waals surface area contributed by atoms with Crippen LogP contribution in [0.4, 0.5) is 13.2 Å². The van der Waals surface area contributed by atoms with Crippen molar-refractivity contribution in [2.45, 2.75) is 19.4 Å². The number of hydrogen-bond donors (Lipinski definition) is 0. The zero-order valence-electron chi connectivity index (χ0n) is 16.9. The van der Waals surface area contributed by atoms with Crippen LogP contribution in [-0.4, -0.2) is 7.11 Å². The first-order valence-corrected chi connectivity index (χ1v) is 10.3. The fourth-order valence-corrected chi connectivity index (χ4v) is 3.84. The van der Waals surface area contributed by atoms with E-state index in [1.165, 1.54) is 18.2 Å². The summed E-state index contributed by atoms with van der Waals surface area (Å²) in [4.78, 5) is 0. The van der Waals surface area contributed by atoms with Crippen LogP contribution in [0.15, 0.2) is 66.7 Å². The molecule has 0 aliphatic heterocycles. The van der Waals surface area contributed by atoms with Crippen LogP contribution in [-0.2, 0) is 24.2 Å². The number of halogens is 4. The molecule has 0 fully saturated rings. The van der Waals surface area contributed by atoms with Gasteiger partial charge in [-0.1, -0.05) is 54.1 Å². The van der Waals surface area contributed by atoms with Gasteiger partial charge in [0.25, 0.3) is 0 Å². The van der Waals surface area contributed by atoms with Crippen LogP contribution in [0, 0.1) is 17.5 Å². The summed E-state index contributed by atoms with van der Waals surface area (Å²) in [5, 5.41) is 1.23. The molecule has 0 aliphatic carbocycles. The summed E-state index contributed by atoms with van der Waals surface area (Å²) >= 11 is 5.71. The third kappa shape index (κ3) is 4.60. The molecule has 0 saturated heterocycles. The van der Waals surface area contributed by atoms with Crippen molar-refractivity contribution in [2.75, 3.05) is 7.11 Å². The van der Waals surface area contributed by atoms with Crippen LogP contribution in [0.5, 0.6) is 0 Å². The van der Waals surface area contributed by atoms with Crippen molar-refractivity contribution in [1.29, 1.82) is 0 Å². The third-order valence-electron chi connectivity index (χ3n) is 5.36. The Balaban J connectivity index is 1.60. The molecule has 0 atom stereocenters. The van der Waals surface area contributed by atoms with Crippen molar-refractivity contribution in [1.82, 2.24) is 0 Å². The van der Waals surface area contributed by atoms with Crippen LogP contribution in [0.3, 0.4) is 0 Å². The zero-order chi connectivity index (χ0) is 22.0. The van der Waals surface area contributed by atoms with Gasteiger partial charge in [-0.2, -0.15) is 0 Å². The van der Waals surface area contributed by atoms with Crippen LogP contribution in [0.2, 0.25) is 5.02 Å². The minimum absolute atomic E-state index is 0.0706. The van der Waals surface area contributed by atoms with Gasteiger partial charge < -0.3 is 4.74 Å². The minimum Gasteiger partial charge on any atom is -0.380 e. The first-order valence-electron chi connectivity index (χ1n) is 9.89. The molecule has 0 N–H and O–H groups in total. The number of fused-ring (bicyclic) bond motifs is 1. The predicted octanol–water partition coefficient (Wildman–Crippen LogP) is 7.51. The lowest BCUT2D eigenvalue weighted by molar-refractivity contribution is 0.184. The molecule has 5 heteroatoms. The maximum atomic E-state index is 15.1. The Hall–Kier alpha value is -2.82. The fourth-order valence-electron chi connectivity index (χ4n) is 3.72. The molecule has 4 aromatic rings. The van der Waals surface area contributed by atoms with Gasteiger partial charge in [0, 0.05) is 18.1 Å². The van der Waals surface area contributed by atoms with Crippen LogP contribution in [0.25, 0.3) is 21.9 Å². The van der Waals surface area contributed by atoms with E-state index in [0.717, 1.165) is 11.1 Å². The summed E-state index contributed by atoms with van der Waals surface area (Å²) in [5.41, 5.74) is 3.18. The molecule has 158 valence electrons. The largest absolute Gasteiger partial charge is 0.380 e. The first kappa shape index (κ1) is 21.4. The molecule has 31 heavy (non-hydrogen) atoms. The van der Waals surface area contributed by atoms with Crippen LogP contribution < -0.4 is 0 Å². The topological polar surface area (TPSA) is 9.23 Å². The lowest BCUT2D eigenvalue weighted by atomic mass is 9.96. The molecule has 0 aromatic heterocycles. The van der Waals surface area contributed by atoms with Crippen molar-refractivity contribution < 1.29 is 17.9 Å². The molecular formula is C26H20ClF3O. The average Bonchev–Trinajstić information content (AvgIpc) is 2.76. The van der Waals surface area contributed by atoms with E-state index in [9.17, 15) is 8.78 Å². The molecule has 0 radical (unpaired) electrons. The Morgan fingerprint density at radius 1 is 0.774 bits per heavy atom. The van der Waals surface area contributed by atoms with E-state index in [1.54, 1.807) is 43.5 Å². The number of hydrogen-bond acceptors (Lipinski definition) is 1. The molecule has 0 amide bonds. The van der Waals surface area contributed by atoms with Crippen molar-refractivity contribution in [3.05, 3.63) is 106 Å². The Morgan fingerprint density at radius 2 is 1.55 bits per heavy atom. The molecule has 1 nitrogen and oxygen atoms in total. The molecule has 0 bridgehead atoms. The highest BCUT2D eigenvalue weighted by Crippen LogP contribution is 2.30. The maximum Gasteiger partial charge on any atom is 0.142 e. The van der Waals surface area contributed by atoms with E-state index >= 15 is 4.39 Å². The average molecular weight is 441 g/mol. The van der Waals surface area contributed by atoms with Gasteiger partial charge in [-0.15, -0.1) is 0 Å². The summed E-state index contributed by atoms with van der Waals surface area (Å²) in [5.74, 6) is -1.14. The molecule has 0 aliphatic rings. The van der Waals surface area contributed by atoms with E-state index in [-0.39, 0.29) is 16.7 Å². The standard InChI is InChI=1S/C26H20ClF3O/c1-31-15-17-3-9-21(24(28)13-17)19-8-10-22-20(14-19)7-6-18(26(22)30)5-2-16-4-11-23(27)25(29)12-16/h3-4,6-14H,2,5,15H2,1H3. The van der Waals surface area contributed by atoms with Crippen LogP contribution in [0.1, 0.15) is 16.7 Å². The molecular weight excluding hydrogens is 421 g/mol. The van der Waals surface area contributed by atoms with Crippen molar-refractivity contribution in [3.8, 4) is 11.1 Å². The first-order chi connectivity index (χ1) is 15.0. The van der Waals surface area contributed by atoms with E-state index < -0.39 is 5.82 Å². The Labute approximate surface area is 184 Å². The maximum absolute atomic E-state index is 15.1. The minimum atomic E-state index is -0.479. The number of ether oxygens (including phenoxy) is 1. The normalized spacial score (nSPS) is 11.3. The van der Waals surface area contributed by atoms with E-state index in [1.807, 2.05) is 12.1 Å². The molecule has 0 saturated carbocycles. The summed E-state index contributed by atoms with van der Waals surface area (Å²) in [6.45, 7) is 0.339. The predicted molar refractivity (Wildman–Crippen MR) is 119 cm³/mol. The Bertz CT molecular complexity index is 1250. The fraction of sp³-hybridized carbons (Fsp3) is 0.154. The number of methoxy groups -OCH3 is 1. The summed E-state index contributed by atoms with van der Waals surface area (Å²) in [7, 11) is 1.56. The number of rotatable bonds is 6. The second-order valence-electron chi connectivity index (χ2n) is 7.47. The third-order valence-corrected chi connectivity index (χ3v) is 5.66. The number of benzene rings is 4.